The molecule has 6 nitrogen and oxygen atoms in total. The Kier molecular flexibility index (Phi) is 6.36. The van der Waals surface area contributed by atoms with E-state index in [9.17, 15) is 26.4 Å². The Hall–Kier alpha value is -2.66. The van der Waals surface area contributed by atoms with Gasteiger partial charge in [-0.15, -0.1) is 0 Å². The normalized spacial score (nSPS) is 15.8. The summed E-state index contributed by atoms with van der Waals surface area (Å²) in [5.41, 5.74) is -0.208. The number of anilines is 2. The molecule has 1 atom stereocenters. The maximum Gasteiger partial charge on any atom is 0.417 e. The summed E-state index contributed by atoms with van der Waals surface area (Å²) >= 11 is 18.0. The average Bonchev–Trinajstić information content (AvgIpc) is 2.72. The van der Waals surface area contributed by atoms with E-state index in [1.165, 1.54) is 18.2 Å². The number of fused-ring (bicyclic) bond motifs is 1. The molecule has 13 heteroatoms. The molecule has 3 aromatic carbocycles. The molecule has 1 unspecified atom stereocenters. The summed E-state index contributed by atoms with van der Waals surface area (Å²) in [7, 11) is -4.52. The monoisotopic (exact) mass is 549 g/mol. The van der Waals surface area contributed by atoms with Gasteiger partial charge in [0, 0.05) is 26.9 Å². The van der Waals surface area contributed by atoms with Crippen molar-refractivity contribution in [3.8, 4) is 0 Å². The fourth-order valence-electron chi connectivity index (χ4n) is 3.50. The molecule has 1 aliphatic rings. The van der Waals surface area contributed by atoms with Crippen LogP contribution in [0.3, 0.4) is 0 Å². The van der Waals surface area contributed by atoms with Crippen molar-refractivity contribution in [1.29, 1.82) is 0 Å². The molecule has 0 fully saturated rings. The lowest BCUT2D eigenvalue weighted by molar-refractivity contribution is -0.137. The van der Waals surface area contributed by atoms with Crippen molar-refractivity contribution in [1.82, 2.24) is 5.32 Å². The zero-order chi connectivity index (χ0) is 24.8. The van der Waals surface area contributed by atoms with Crippen LogP contribution in [0.5, 0.6) is 0 Å². The number of nitrogens with one attached hydrogen (secondary N) is 3. The van der Waals surface area contributed by atoms with Gasteiger partial charge >= 0.3 is 12.2 Å². The number of amides is 2. The van der Waals surface area contributed by atoms with E-state index in [1.807, 2.05) is 0 Å². The zero-order valence-corrected chi connectivity index (χ0v) is 19.8. The van der Waals surface area contributed by atoms with Crippen LogP contribution in [0.2, 0.25) is 15.1 Å². The number of benzene rings is 3. The van der Waals surface area contributed by atoms with Crippen LogP contribution in [0.1, 0.15) is 22.7 Å². The average molecular weight is 551 g/mol. The van der Waals surface area contributed by atoms with Crippen molar-refractivity contribution < 1.29 is 26.4 Å². The number of urea groups is 1. The lowest BCUT2D eigenvalue weighted by atomic mass is 9.94. The van der Waals surface area contributed by atoms with Gasteiger partial charge in [0.2, 0.25) is 0 Å². The van der Waals surface area contributed by atoms with Gasteiger partial charge in [-0.05, 0) is 42.5 Å². The molecule has 4 rings (SSSR count). The first-order chi connectivity index (χ1) is 15.9. The lowest BCUT2D eigenvalue weighted by Crippen LogP contribution is -2.38. The molecule has 0 bridgehead atoms. The van der Waals surface area contributed by atoms with Gasteiger partial charge in [0.1, 0.15) is 0 Å². The summed E-state index contributed by atoms with van der Waals surface area (Å²) < 4.78 is 68.0. The fourth-order valence-corrected chi connectivity index (χ4v) is 5.28. The van der Waals surface area contributed by atoms with E-state index in [0.29, 0.717) is 22.3 Å². The summed E-state index contributed by atoms with van der Waals surface area (Å²) in [4.78, 5) is 11.6. The second-order valence-electron chi connectivity index (χ2n) is 7.21. The molecule has 0 aliphatic carbocycles. The molecule has 3 aromatic rings. The third-order valence-electron chi connectivity index (χ3n) is 4.99. The van der Waals surface area contributed by atoms with Crippen LogP contribution in [0.25, 0.3) is 0 Å². The lowest BCUT2D eigenvalue weighted by Gasteiger charge is -2.30. The van der Waals surface area contributed by atoms with Gasteiger partial charge in [-0.1, -0.05) is 46.9 Å². The Morgan fingerprint density at radius 2 is 1.68 bits per heavy atom. The minimum absolute atomic E-state index is 0.0610. The second-order valence-corrected chi connectivity index (χ2v) is 10.1. The van der Waals surface area contributed by atoms with E-state index in [1.54, 1.807) is 18.2 Å². The summed E-state index contributed by atoms with van der Waals surface area (Å²) in [5.74, 6) is 0. The molecule has 1 heterocycles. The summed E-state index contributed by atoms with van der Waals surface area (Å²) in [6.45, 7) is 0. The van der Waals surface area contributed by atoms with Gasteiger partial charge in [0.15, 0.2) is 0 Å². The number of sulfonamides is 1. The van der Waals surface area contributed by atoms with Crippen molar-refractivity contribution in [3.05, 3.63) is 86.4 Å². The Morgan fingerprint density at radius 1 is 0.941 bits per heavy atom. The zero-order valence-electron chi connectivity index (χ0n) is 16.7. The smallest absolute Gasteiger partial charge is 0.327 e. The molecule has 0 saturated carbocycles. The van der Waals surface area contributed by atoms with Gasteiger partial charge in [-0.3, -0.25) is 4.72 Å². The fraction of sp³-hybridized carbons (Fsp3) is 0.0952. The van der Waals surface area contributed by atoms with Crippen LogP contribution in [0, 0.1) is 0 Å². The predicted octanol–water partition coefficient (Wildman–Crippen LogP) is 6.69. The van der Waals surface area contributed by atoms with Crippen molar-refractivity contribution in [2.24, 2.45) is 0 Å². The maximum absolute atomic E-state index is 13.2. The Labute approximate surface area is 207 Å². The summed E-state index contributed by atoms with van der Waals surface area (Å²) in [5, 5.41) is 5.09. The van der Waals surface area contributed by atoms with Crippen LogP contribution >= 0.6 is 34.8 Å². The Bertz CT molecular complexity index is 1420. The minimum Gasteiger partial charge on any atom is -0.327 e. The van der Waals surface area contributed by atoms with Crippen molar-refractivity contribution in [3.63, 3.8) is 0 Å². The molecule has 0 radical (unpaired) electrons. The highest BCUT2D eigenvalue weighted by Crippen LogP contribution is 2.41. The number of rotatable bonds is 4. The number of hydrogen-bond acceptors (Lipinski definition) is 3. The van der Waals surface area contributed by atoms with Crippen LogP contribution < -0.4 is 15.4 Å². The number of hydrogen-bond donors (Lipinski definition) is 3. The highest BCUT2D eigenvalue weighted by atomic mass is 35.5. The third-order valence-corrected chi connectivity index (χ3v) is 7.25. The van der Waals surface area contributed by atoms with Crippen molar-refractivity contribution >= 4 is 62.2 Å². The molecule has 34 heavy (non-hydrogen) atoms. The Balaban J connectivity index is 1.81. The van der Waals surface area contributed by atoms with E-state index in [4.69, 9.17) is 34.8 Å². The first-order valence-electron chi connectivity index (χ1n) is 9.42. The molecular weight excluding hydrogens is 538 g/mol. The van der Waals surface area contributed by atoms with Gasteiger partial charge in [0.05, 0.1) is 27.2 Å². The highest BCUT2D eigenvalue weighted by Gasteiger charge is 2.35. The van der Waals surface area contributed by atoms with E-state index >= 15 is 0 Å². The van der Waals surface area contributed by atoms with Crippen LogP contribution in [0.15, 0.2) is 59.5 Å². The highest BCUT2D eigenvalue weighted by molar-refractivity contribution is 7.92. The predicted molar refractivity (Wildman–Crippen MR) is 124 cm³/mol. The topological polar surface area (TPSA) is 87.3 Å². The minimum atomic E-state index is -4.86. The van der Waals surface area contributed by atoms with E-state index < -0.39 is 43.8 Å². The number of alkyl halides is 3. The standard InChI is InChI=1S/C21H13Cl3F3N3O3S/c22-10-4-6-12(19-18-15(24)2-1-3-16(18)28-20(31)29-19)17(8-10)30-34(32,33)11-5-7-14(23)13(9-11)21(25,26)27/h1-9,19,30H,(H2,28,29,31). The first kappa shape index (κ1) is 24.5. The van der Waals surface area contributed by atoms with Crippen molar-refractivity contribution in [2.45, 2.75) is 17.1 Å². The number of carbonyl (C=O) groups is 1. The second kappa shape index (κ2) is 8.84. The molecular formula is C21H13Cl3F3N3O3S. The molecule has 178 valence electrons. The largest absolute Gasteiger partial charge is 0.417 e. The molecule has 0 aromatic heterocycles. The maximum atomic E-state index is 13.2. The van der Waals surface area contributed by atoms with Crippen LogP contribution in [0.4, 0.5) is 29.3 Å². The Morgan fingerprint density at radius 3 is 2.38 bits per heavy atom. The number of halogens is 6. The SMILES string of the molecule is O=C1Nc2cccc(Cl)c2C(c2ccc(Cl)cc2NS(=O)(=O)c2ccc(Cl)c(C(F)(F)F)c2)N1. The van der Waals surface area contributed by atoms with Gasteiger partial charge in [0.25, 0.3) is 10.0 Å². The molecule has 2 amide bonds. The van der Waals surface area contributed by atoms with Crippen LogP contribution in [-0.4, -0.2) is 14.4 Å². The summed E-state index contributed by atoms with van der Waals surface area (Å²) in [6, 6.07) is 9.87. The first-order valence-corrected chi connectivity index (χ1v) is 12.0. The van der Waals surface area contributed by atoms with Gasteiger partial charge in [-0.2, -0.15) is 13.2 Å². The molecule has 3 N–H and O–H groups in total. The summed E-state index contributed by atoms with van der Waals surface area (Å²) in [6.07, 6.45) is -4.86. The molecule has 0 spiro atoms. The third kappa shape index (κ3) is 4.76. The van der Waals surface area contributed by atoms with Crippen LogP contribution in [-0.2, 0) is 16.2 Å². The van der Waals surface area contributed by atoms with E-state index in [2.05, 4.69) is 15.4 Å². The van der Waals surface area contributed by atoms with Gasteiger partial charge in [-0.25, -0.2) is 13.2 Å². The number of carbonyl (C=O) groups excluding carboxylic acids is 1. The molecule has 0 saturated heterocycles. The van der Waals surface area contributed by atoms with Crippen molar-refractivity contribution in [2.75, 3.05) is 10.0 Å². The van der Waals surface area contributed by atoms with E-state index in [-0.39, 0.29) is 16.3 Å². The van der Waals surface area contributed by atoms with Gasteiger partial charge < -0.3 is 10.6 Å². The molecule has 1 aliphatic heterocycles. The quantitative estimate of drug-likeness (QED) is 0.338. The van der Waals surface area contributed by atoms with E-state index in [0.717, 1.165) is 12.1 Å².